The lowest BCUT2D eigenvalue weighted by Crippen LogP contribution is -2.53. The Morgan fingerprint density at radius 3 is 2.62 bits per heavy atom. The molecule has 0 aliphatic carbocycles. The fourth-order valence-electron chi connectivity index (χ4n) is 5.05. The molecular weight excluding hydrogens is 534 g/mol. The second-order valence-electron chi connectivity index (χ2n) is 9.68. The zero-order chi connectivity index (χ0) is 29.8. The summed E-state index contributed by atoms with van der Waals surface area (Å²) in [6.07, 6.45) is 7.03. The molecule has 2 aliphatic heterocycles. The van der Waals surface area contributed by atoms with Crippen LogP contribution in [0.3, 0.4) is 0 Å². The van der Waals surface area contributed by atoms with Crippen LogP contribution in [0, 0.1) is 29.6 Å². The minimum absolute atomic E-state index is 0.100. The molecule has 2 atom stereocenters. The van der Waals surface area contributed by atoms with Crippen molar-refractivity contribution in [2.75, 3.05) is 30.5 Å². The number of anilines is 2. The van der Waals surface area contributed by atoms with Crippen LogP contribution >= 0.6 is 0 Å². The van der Waals surface area contributed by atoms with Gasteiger partial charge in [-0.05, 0) is 61.5 Å². The van der Waals surface area contributed by atoms with E-state index in [4.69, 9.17) is 15.9 Å². The lowest BCUT2D eigenvalue weighted by molar-refractivity contribution is -0.129. The zero-order valence-corrected chi connectivity index (χ0v) is 23.0. The first kappa shape index (κ1) is 28.0. The first-order chi connectivity index (χ1) is 20.3. The average molecular weight is 562 g/mol. The topological polar surface area (TPSA) is 124 Å². The number of hydrogen-bond donors (Lipinski definition) is 2. The van der Waals surface area contributed by atoms with Crippen LogP contribution in [0.15, 0.2) is 78.6 Å². The molecule has 0 aromatic heterocycles. The highest BCUT2D eigenvalue weighted by atomic mass is 16.5. The Kier molecular flexibility index (Phi) is 7.91. The molecule has 0 spiro atoms. The van der Waals surface area contributed by atoms with Gasteiger partial charge in [-0.15, -0.1) is 6.42 Å². The van der Waals surface area contributed by atoms with Crippen LogP contribution in [0.5, 0.6) is 11.5 Å². The van der Waals surface area contributed by atoms with E-state index in [1.54, 1.807) is 78.8 Å². The number of nitrogens with one attached hydrogen (secondary N) is 2. The maximum absolute atomic E-state index is 13.8. The number of hydrazine groups is 1. The van der Waals surface area contributed by atoms with Crippen molar-refractivity contribution in [3.8, 4) is 29.9 Å². The molecule has 2 unspecified atom stereocenters. The lowest BCUT2D eigenvalue weighted by Gasteiger charge is -2.36. The number of ketones is 1. The van der Waals surface area contributed by atoms with Crippen molar-refractivity contribution in [3.05, 3.63) is 95.3 Å². The fraction of sp³-hybridized carbons (Fsp3) is 0.188. The molecule has 1 fully saturated rings. The number of benzene rings is 3. The van der Waals surface area contributed by atoms with Crippen LogP contribution in [0.1, 0.15) is 28.4 Å². The van der Waals surface area contributed by atoms with Gasteiger partial charge in [-0.3, -0.25) is 19.3 Å². The minimum Gasteiger partial charge on any atom is -0.495 e. The standard InChI is InChI=1S/C32H27N5O5/c1-4-14-42-26-7-5-6-22(16-26)30(38)21-8-11-25(12-9-21)37-20(2)19-36-29(32(37)40)27(18-34-36)31(39)35-24-10-13-28(41-3)23(15-24)17-33/h1,5-13,15-16,19,27,29,34H,14,18H2,2-3H3,(H,35,39). The Hall–Kier alpha value is -5.58. The van der Waals surface area contributed by atoms with Crippen molar-refractivity contribution >= 4 is 29.0 Å². The third-order valence-electron chi connectivity index (χ3n) is 7.06. The van der Waals surface area contributed by atoms with Crippen molar-refractivity contribution < 1.29 is 23.9 Å². The third-order valence-corrected chi connectivity index (χ3v) is 7.06. The molecule has 5 rings (SSSR count). The number of hydrogen-bond acceptors (Lipinski definition) is 8. The Morgan fingerprint density at radius 1 is 1.12 bits per heavy atom. The summed E-state index contributed by atoms with van der Waals surface area (Å²) < 4.78 is 10.6. The average Bonchev–Trinajstić information content (AvgIpc) is 3.44. The Balaban J connectivity index is 1.33. The van der Waals surface area contributed by atoms with Crippen LogP contribution in [0.25, 0.3) is 0 Å². The van der Waals surface area contributed by atoms with Crippen LogP contribution < -0.4 is 25.1 Å². The van der Waals surface area contributed by atoms with Gasteiger partial charge in [-0.25, -0.2) is 5.43 Å². The van der Waals surface area contributed by atoms with Gasteiger partial charge in [0.2, 0.25) is 5.91 Å². The predicted octanol–water partition coefficient (Wildman–Crippen LogP) is 3.46. The van der Waals surface area contributed by atoms with Crippen molar-refractivity contribution in [1.29, 1.82) is 5.26 Å². The van der Waals surface area contributed by atoms with E-state index in [0.29, 0.717) is 39.7 Å². The van der Waals surface area contributed by atoms with E-state index in [9.17, 15) is 19.6 Å². The number of carbonyl (C=O) groups excluding carboxylic acids is 3. The molecule has 2 N–H and O–H groups in total. The molecule has 10 heteroatoms. The van der Waals surface area contributed by atoms with Gasteiger partial charge in [0.05, 0.1) is 18.6 Å². The van der Waals surface area contributed by atoms with Crippen LogP contribution in [0.4, 0.5) is 11.4 Å². The highest BCUT2D eigenvalue weighted by molar-refractivity contribution is 6.10. The van der Waals surface area contributed by atoms with Gasteiger partial charge in [-0.2, -0.15) is 5.26 Å². The van der Waals surface area contributed by atoms with Gasteiger partial charge >= 0.3 is 0 Å². The maximum atomic E-state index is 13.8. The van der Waals surface area contributed by atoms with Crippen molar-refractivity contribution in [1.82, 2.24) is 10.4 Å². The molecule has 0 radical (unpaired) electrons. The monoisotopic (exact) mass is 561 g/mol. The van der Waals surface area contributed by atoms with Gasteiger partial charge in [0.1, 0.15) is 30.2 Å². The number of rotatable bonds is 8. The lowest BCUT2D eigenvalue weighted by atomic mass is 9.96. The molecule has 2 heterocycles. The molecule has 2 aliphatic rings. The van der Waals surface area contributed by atoms with E-state index in [2.05, 4.69) is 16.7 Å². The summed E-state index contributed by atoms with van der Waals surface area (Å²) >= 11 is 0. The molecule has 2 amide bonds. The highest BCUT2D eigenvalue weighted by Crippen LogP contribution is 2.32. The minimum atomic E-state index is -0.797. The summed E-state index contributed by atoms with van der Waals surface area (Å²) in [4.78, 5) is 41.7. The Morgan fingerprint density at radius 2 is 1.90 bits per heavy atom. The van der Waals surface area contributed by atoms with Crippen LogP contribution in [-0.2, 0) is 9.59 Å². The molecule has 3 aromatic rings. The van der Waals surface area contributed by atoms with Crippen molar-refractivity contribution in [2.24, 2.45) is 5.92 Å². The summed E-state index contributed by atoms with van der Waals surface area (Å²) in [5.41, 5.74) is 5.93. The maximum Gasteiger partial charge on any atom is 0.256 e. The first-order valence-electron chi connectivity index (χ1n) is 13.1. The third kappa shape index (κ3) is 5.39. The van der Waals surface area contributed by atoms with Gasteiger partial charge in [0.25, 0.3) is 5.91 Å². The van der Waals surface area contributed by atoms with Gasteiger partial charge in [-0.1, -0.05) is 18.1 Å². The van der Waals surface area contributed by atoms with Crippen molar-refractivity contribution in [3.63, 3.8) is 0 Å². The highest BCUT2D eigenvalue weighted by Gasteiger charge is 2.47. The second kappa shape index (κ2) is 11.9. The van der Waals surface area contributed by atoms with Gasteiger partial charge in [0.15, 0.2) is 5.78 Å². The second-order valence-corrected chi connectivity index (χ2v) is 9.68. The number of ether oxygens (including phenoxy) is 2. The first-order valence-corrected chi connectivity index (χ1v) is 13.1. The van der Waals surface area contributed by atoms with E-state index in [0.717, 1.165) is 0 Å². The van der Waals surface area contributed by atoms with E-state index in [1.165, 1.54) is 18.1 Å². The van der Waals surface area contributed by atoms with Gasteiger partial charge < -0.3 is 19.8 Å². The number of allylic oxidation sites excluding steroid dienone is 1. The van der Waals surface area contributed by atoms with E-state index in [1.807, 2.05) is 6.07 Å². The normalized spacial score (nSPS) is 17.4. The number of terminal acetylenes is 1. The van der Waals surface area contributed by atoms with E-state index in [-0.39, 0.29) is 36.3 Å². The van der Waals surface area contributed by atoms with E-state index < -0.39 is 12.0 Å². The predicted molar refractivity (Wildman–Crippen MR) is 155 cm³/mol. The molecule has 1 saturated heterocycles. The molecular formula is C32H27N5O5. The summed E-state index contributed by atoms with van der Waals surface area (Å²) in [5, 5.41) is 13.8. The number of amides is 2. The fourth-order valence-corrected chi connectivity index (χ4v) is 5.05. The SMILES string of the molecule is C#CCOc1cccc(C(=O)c2ccc(N3C(=O)C4C(C(=O)Nc5ccc(OC)c(C#N)c5)CNN4C=C3C)cc2)c1. The molecule has 210 valence electrons. The summed E-state index contributed by atoms with van der Waals surface area (Å²) in [6.45, 7) is 2.15. The number of nitrogens with zero attached hydrogens (tertiary/aromatic N) is 3. The number of nitriles is 1. The Bertz CT molecular complexity index is 1670. The molecule has 0 bridgehead atoms. The number of carbonyl (C=O) groups is 3. The summed E-state index contributed by atoms with van der Waals surface area (Å²) in [6, 6.07) is 19.5. The van der Waals surface area contributed by atoms with E-state index >= 15 is 0 Å². The molecule has 10 nitrogen and oxygen atoms in total. The largest absolute Gasteiger partial charge is 0.495 e. The van der Waals surface area contributed by atoms with Crippen LogP contribution in [-0.4, -0.2) is 48.9 Å². The number of fused-ring (bicyclic) bond motifs is 1. The molecule has 42 heavy (non-hydrogen) atoms. The quantitative estimate of drug-likeness (QED) is 0.317. The van der Waals surface area contributed by atoms with Gasteiger partial charge in [0, 0.05) is 40.9 Å². The molecule has 3 aromatic carbocycles. The van der Waals surface area contributed by atoms with Crippen LogP contribution in [0.2, 0.25) is 0 Å². The number of methoxy groups -OCH3 is 1. The summed E-state index contributed by atoms with van der Waals surface area (Å²) in [5.74, 6) is 1.74. The molecule has 0 saturated carbocycles. The van der Waals surface area contributed by atoms with Crippen molar-refractivity contribution in [2.45, 2.75) is 13.0 Å². The Labute approximate surface area is 243 Å². The smallest absolute Gasteiger partial charge is 0.256 e. The summed E-state index contributed by atoms with van der Waals surface area (Å²) in [7, 11) is 1.46. The zero-order valence-electron chi connectivity index (χ0n) is 23.0.